The molecule has 0 aliphatic heterocycles. The topological polar surface area (TPSA) is 76.8 Å². The summed E-state index contributed by atoms with van der Waals surface area (Å²) >= 11 is 0. The van der Waals surface area contributed by atoms with Crippen molar-refractivity contribution in [3.05, 3.63) is 46.5 Å². The quantitative estimate of drug-likeness (QED) is 0.841. The van der Waals surface area contributed by atoms with Gasteiger partial charge in [-0.3, -0.25) is 0 Å². The molecular formula is C18H18N4O. The van der Waals surface area contributed by atoms with Crippen LogP contribution in [0.15, 0.2) is 22.8 Å². The summed E-state index contributed by atoms with van der Waals surface area (Å²) < 4.78 is 5.27. The molecule has 0 radical (unpaired) electrons. The third-order valence-corrected chi connectivity index (χ3v) is 3.69. The fourth-order valence-corrected chi connectivity index (χ4v) is 2.39. The van der Waals surface area contributed by atoms with Crippen LogP contribution >= 0.6 is 0 Å². The lowest BCUT2D eigenvalue weighted by atomic mass is 10.0. The zero-order valence-corrected chi connectivity index (χ0v) is 13.5. The highest BCUT2D eigenvalue weighted by molar-refractivity contribution is 5.73. The van der Waals surface area contributed by atoms with Gasteiger partial charge in [-0.2, -0.15) is 10.5 Å². The molecule has 0 saturated carbocycles. The Morgan fingerprint density at radius 2 is 1.87 bits per heavy atom. The molecule has 0 unspecified atom stereocenters. The molecule has 0 spiro atoms. The first-order chi connectivity index (χ1) is 11.2. The van der Waals surface area contributed by atoms with Gasteiger partial charge < -0.3 is 9.32 Å². The molecule has 5 heteroatoms. The van der Waals surface area contributed by atoms with Crippen molar-refractivity contribution >= 4 is 18.0 Å². The van der Waals surface area contributed by atoms with E-state index < -0.39 is 0 Å². The first kappa shape index (κ1) is 16.3. The summed E-state index contributed by atoms with van der Waals surface area (Å²) in [5.74, 6) is 1.26. The molecule has 0 aliphatic carbocycles. The number of rotatable bonds is 5. The third kappa shape index (κ3) is 3.25. The minimum absolute atomic E-state index is 0.337. The molecule has 23 heavy (non-hydrogen) atoms. The maximum Gasteiger partial charge on any atom is 0.148 e. The SMILES string of the molecule is CCN(CC)c1nc(/C=C/c2ccco2)c(C)c(C#N)c1C#N. The number of nitriles is 2. The van der Waals surface area contributed by atoms with E-state index in [2.05, 4.69) is 17.1 Å². The maximum atomic E-state index is 9.47. The highest BCUT2D eigenvalue weighted by atomic mass is 16.3. The van der Waals surface area contributed by atoms with Gasteiger partial charge in [0.1, 0.15) is 29.3 Å². The average molecular weight is 306 g/mol. The van der Waals surface area contributed by atoms with Crippen molar-refractivity contribution in [2.45, 2.75) is 20.8 Å². The van der Waals surface area contributed by atoms with Gasteiger partial charge in [0, 0.05) is 13.1 Å². The number of anilines is 1. The smallest absolute Gasteiger partial charge is 0.148 e. The second-order valence-electron chi connectivity index (χ2n) is 4.94. The van der Waals surface area contributed by atoms with E-state index in [0.717, 1.165) is 0 Å². The van der Waals surface area contributed by atoms with Crippen molar-refractivity contribution < 1.29 is 4.42 Å². The van der Waals surface area contributed by atoms with Crippen LogP contribution in [0.2, 0.25) is 0 Å². The molecule has 0 amide bonds. The van der Waals surface area contributed by atoms with Gasteiger partial charge in [-0.05, 0) is 50.6 Å². The van der Waals surface area contributed by atoms with Crippen LogP contribution in [-0.4, -0.2) is 18.1 Å². The van der Waals surface area contributed by atoms with Crippen molar-refractivity contribution in [2.75, 3.05) is 18.0 Å². The molecule has 0 atom stereocenters. The van der Waals surface area contributed by atoms with Gasteiger partial charge in [0.15, 0.2) is 0 Å². The van der Waals surface area contributed by atoms with Crippen LogP contribution < -0.4 is 4.90 Å². The third-order valence-electron chi connectivity index (χ3n) is 3.69. The lowest BCUT2D eigenvalue weighted by molar-refractivity contribution is 0.557. The Morgan fingerprint density at radius 3 is 2.39 bits per heavy atom. The predicted octanol–water partition coefficient (Wildman–Crippen LogP) is 3.74. The summed E-state index contributed by atoms with van der Waals surface area (Å²) in [5.41, 5.74) is 2.08. The van der Waals surface area contributed by atoms with Crippen LogP contribution in [-0.2, 0) is 0 Å². The average Bonchev–Trinajstić information content (AvgIpc) is 3.08. The van der Waals surface area contributed by atoms with Gasteiger partial charge in [0.05, 0.1) is 17.5 Å². The summed E-state index contributed by atoms with van der Waals surface area (Å²) in [5, 5.41) is 18.9. The first-order valence-corrected chi connectivity index (χ1v) is 7.47. The molecule has 0 N–H and O–H groups in total. The number of nitrogens with zero attached hydrogens (tertiary/aromatic N) is 4. The molecule has 0 saturated heterocycles. The highest BCUT2D eigenvalue weighted by Crippen LogP contribution is 2.26. The number of aromatic nitrogens is 1. The van der Waals surface area contributed by atoms with Crippen molar-refractivity contribution in [1.82, 2.24) is 4.98 Å². The van der Waals surface area contributed by atoms with Gasteiger partial charge in [0.25, 0.3) is 0 Å². The molecule has 0 aromatic carbocycles. The molecule has 2 aromatic heterocycles. The Kier molecular flexibility index (Phi) is 5.17. The zero-order valence-electron chi connectivity index (χ0n) is 13.5. The number of hydrogen-bond donors (Lipinski definition) is 0. The van der Waals surface area contributed by atoms with Gasteiger partial charge in [-0.1, -0.05) is 0 Å². The van der Waals surface area contributed by atoms with Crippen LogP contribution in [0.3, 0.4) is 0 Å². The lowest BCUT2D eigenvalue weighted by Gasteiger charge is -2.22. The van der Waals surface area contributed by atoms with Crippen molar-refractivity contribution in [3.8, 4) is 12.1 Å². The van der Waals surface area contributed by atoms with E-state index in [4.69, 9.17) is 4.42 Å². The van der Waals surface area contributed by atoms with E-state index in [-0.39, 0.29) is 0 Å². The van der Waals surface area contributed by atoms with Crippen LogP contribution in [0, 0.1) is 29.6 Å². The first-order valence-electron chi connectivity index (χ1n) is 7.47. The number of pyridine rings is 1. The van der Waals surface area contributed by atoms with Gasteiger partial charge in [-0.25, -0.2) is 4.98 Å². The van der Waals surface area contributed by atoms with Gasteiger partial charge in [0.2, 0.25) is 0 Å². The van der Waals surface area contributed by atoms with Gasteiger partial charge in [-0.15, -0.1) is 0 Å². The van der Waals surface area contributed by atoms with E-state index in [0.29, 0.717) is 47.1 Å². The van der Waals surface area contributed by atoms with Crippen molar-refractivity contribution in [2.24, 2.45) is 0 Å². The summed E-state index contributed by atoms with van der Waals surface area (Å²) in [4.78, 5) is 6.59. The highest BCUT2D eigenvalue weighted by Gasteiger charge is 2.19. The number of hydrogen-bond acceptors (Lipinski definition) is 5. The molecule has 0 aliphatic rings. The Morgan fingerprint density at radius 1 is 1.17 bits per heavy atom. The Bertz CT molecular complexity index is 788. The monoisotopic (exact) mass is 306 g/mol. The maximum absolute atomic E-state index is 9.47. The van der Waals surface area contributed by atoms with Crippen LogP contribution in [0.4, 0.5) is 5.82 Å². The summed E-state index contributed by atoms with van der Waals surface area (Å²) in [6, 6.07) is 7.92. The largest absolute Gasteiger partial charge is 0.465 e. The summed E-state index contributed by atoms with van der Waals surface area (Å²) in [6.45, 7) is 7.23. The lowest BCUT2D eigenvalue weighted by Crippen LogP contribution is -2.25. The number of furan rings is 1. The van der Waals surface area contributed by atoms with Crippen LogP contribution in [0.1, 0.15) is 42.0 Å². The summed E-state index contributed by atoms with van der Waals surface area (Å²) in [7, 11) is 0. The Labute approximate surface area is 136 Å². The van der Waals surface area contributed by atoms with E-state index in [1.807, 2.05) is 30.9 Å². The normalized spacial score (nSPS) is 10.5. The molecule has 5 nitrogen and oxygen atoms in total. The minimum atomic E-state index is 0.337. The fraction of sp³-hybridized carbons (Fsp3) is 0.278. The van der Waals surface area contributed by atoms with E-state index in [1.165, 1.54) is 0 Å². The minimum Gasteiger partial charge on any atom is -0.465 e. The summed E-state index contributed by atoms with van der Waals surface area (Å²) in [6.07, 6.45) is 5.21. The van der Waals surface area contributed by atoms with E-state index in [9.17, 15) is 10.5 Å². The van der Waals surface area contributed by atoms with Crippen LogP contribution in [0.5, 0.6) is 0 Å². The Hall–Kier alpha value is -3.05. The van der Waals surface area contributed by atoms with E-state index in [1.54, 1.807) is 25.3 Å². The predicted molar refractivity (Wildman–Crippen MR) is 89.6 cm³/mol. The standard InChI is InChI=1S/C18H18N4O/c1-4-22(5-2)18-16(12-20)15(11-19)13(3)17(21-18)9-8-14-7-6-10-23-14/h6-10H,4-5H2,1-3H3/b9-8+. The molecule has 0 fully saturated rings. The van der Waals surface area contributed by atoms with Crippen LogP contribution in [0.25, 0.3) is 12.2 Å². The van der Waals surface area contributed by atoms with E-state index >= 15 is 0 Å². The second-order valence-corrected chi connectivity index (χ2v) is 4.94. The molecular weight excluding hydrogens is 288 g/mol. The van der Waals surface area contributed by atoms with Crippen molar-refractivity contribution in [1.29, 1.82) is 10.5 Å². The molecule has 2 heterocycles. The van der Waals surface area contributed by atoms with Gasteiger partial charge >= 0.3 is 0 Å². The Balaban J connectivity index is 2.62. The molecule has 0 bridgehead atoms. The molecule has 116 valence electrons. The second kappa shape index (κ2) is 7.29. The fourth-order valence-electron chi connectivity index (χ4n) is 2.39. The molecule has 2 rings (SSSR count). The van der Waals surface area contributed by atoms with Crippen molar-refractivity contribution in [3.63, 3.8) is 0 Å². The zero-order chi connectivity index (χ0) is 16.8. The molecule has 2 aromatic rings.